The Labute approximate surface area is 146 Å². The van der Waals surface area contributed by atoms with Crippen molar-refractivity contribution in [1.82, 2.24) is 10.2 Å². The second-order valence-corrected chi connectivity index (χ2v) is 6.07. The molecule has 0 aliphatic rings. The Morgan fingerprint density at radius 1 is 1.12 bits per heavy atom. The number of amides is 1. The highest BCUT2D eigenvalue weighted by atomic mass is 32.1. The third kappa shape index (κ3) is 4.16. The van der Waals surface area contributed by atoms with E-state index < -0.39 is 17.8 Å². The van der Waals surface area contributed by atoms with Gasteiger partial charge in [-0.3, -0.25) is 10.1 Å². The molecule has 0 radical (unpaired) electrons. The van der Waals surface area contributed by atoms with Crippen molar-refractivity contribution in [3.05, 3.63) is 60.2 Å². The molecule has 0 fully saturated rings. The number of carbonyl (C=O) groups is 1. The van der Waals surface area contributed by atoms with E-state index in [1.54, 1.807) is 25.1 Å². The Morgan fingerprint density at radius 2 is 1.84 bits per heavy atom. The predicted molar refractivity (Wildman–Crippen MR) is 90.4 cm³/mol. The molecule has 0 saturated carbocycles. The Morgan fingerprint density at radius 3 is 2.56 bits per heavy atom. The largest absolute Gasteiger partial charge is 0.481 e. The van der Waals surface area contributed by atoms with Crippen LogP contribution in [-0.4, -0.2) is 22.2 Å². The molecule has 3 rings (SSSR count). The summed E-state index contributed by atoms with van der Waals surface area (Å²) in [6, 6.07) is 11.5. The van der Waals surface area contributed by atoms with E-state index in [9.17, 15) is 13.6 Å². The molecule has 0 aliphatic heterocycles. The van der Waals surface area contributed by atoms with E-state index in [0.29, 0.717) is 16.3 Å². The Hall–Kier alpha value is -2.87. The molecule has 3 aromatic rings. The van der Waals surface area contributed by atoms with Gasteiger partial charge < -0.3 is 4.74 Å². The topological polar surface area (TPSA) is 64.1 Å². The third-order valence-electron chi connectivity index (χ3n) is 3.26. The van der Waals surface area contributed by atoms with Gasteiger partial charge >= 0.3 is 0 Å². The molecule has 1 aromatic heterocycles. The lowest BCUT2D eigenvalue weighted by Crippen LogP contribution is -2.30. The van der Waals surface area contributed by atoms with Crippen molar-refractivity contribution in [2.75, 3.05) is 5.32 Å². The summed E-state index contributed by atoms with van der Waals surface area (Å²) in [7, 11) is 0. The van der Waals surface area contributed by atoms with Gasteiger partial charge in [-0.25, -0.2) is 8.78 Å². The minimum absolute atomic E-state index is 0.234. The average molecular weight is 361 g/mol. The molecule has 1 heterocycles. The van der Waals surface area contributed by atoms with Crippen LogP contribution in [0, 0.1) is 11.6 Å². The van der Waals surface area contributed by atoms with Gasteiger partial charge in [-0.1, -0.05) is 23.5 Å². The van der Waals surface area contributed by atoms with Crippen molar-refractivity contribution in [3.8, 4) is 16.3 Å². The summed E-state index contributed by atoms with van der Waals surface area (Å²) in [6.07, 6.45) is -0.828. The Balaban J connectivity index is 1.65. The van der Waals surface area contributed by atoms with E-state index in [4.69, 9.17) is 4.74 Å². The molecular formula is C17H13F2N3O2S. The number of anilines is 1. The van der Waals surface area contributed by atoms with Crippen LogP contribution in [0.1, 0.15) is 6.92 Å². The molecule has 25 heavy (non-hydrogen) atoms. The second kappa shape index (κ2) is 7.35. The van der Waals surface area contributed by atoms with Crippen molar-refractivity contribution in [1.29, 1.82) is 0 Å². The predicted octanol–water partition coefficient (Wildman–Crippen LogP) is 3.89. The maximum Gasteiger partial charge on any atom is 0.266 e. The van der Waals surface area contributed by atoms with Crippen molar-refractivity contribution in [2.45, 2.75) is 13.0 Å². The first-order valence-corrected chi connectivity index (χ1v) is 8.16. The van der Waals surface area contributed by atoms with Crippen LogP contribution in [0.15, 0.2) is 48.5 Å². The van der Waals surface area contributed by atoms with Gasteiger partial charge in [0.2, 0.25) is 5.13 Å². The standard InChI is InChI=1S/C17H13F2N3O2S/c1-10(24-12-8-6-11(18)7-9-12)15(23)20-17-22-21-16(25-17)13-4-2-3-5-14(13)19/h2-10H,1H3,(H,20,22,23)/t10-/m0/s1. The van der Waals surface area contributed by atoms with Crippen LogP contribution in [0.4, 0.5) is 13.9 Å². The van der Waals surface area contributed by atoms with Gasteiger partial charge in [-0.05, 0) is 43.3 Å². The molecule has 0 spiro atoms. The lowest BCUT2D eigenvalue weighted by Gasteiger charge is -2.13. The van der Waals surface area contributed by atoms with Crippen LogP contribution in [-0.2, 0) is 4.79 Å². The molecule has 2 aromatic carbocycles. The molecule has 0 bridgehead atoms. The van der Waals surface area contributed by atoms with Gasteiger partial charge in [0.15, 0.2) is 11.1 Å². The van der Waals surface area contributed by atoms with Crippen LogP contribution in [0.3, 0.4) is 0 Å². The Kier molecular flexibility index (Phi) is 4.99. The first-order valence-electron chi connectivity index (χ1n) is 7.34. The van der Waals surface area contributed by atoms with Crippen LogP contribution in [0.25, 0.3) is 10.6 Å². The number of carbonyl (C=O) groups excluding carboxylic acids is 1. The maximum absolute atomic E-state index is 13.8. The highest BCUT2D eigenvalue weighted by Gasteiger charge is 2.18. The van der Waals surface area contributed by atoms with E-state index in [1.807, 2.05) is 0 Å². The van der Waals surface area contributed by atoms with E-state index in [0.717, 1.165) is 11.3 Å². The van der Waals surface area contributed by atoms with Crippen molar-refractivity contribution in [2.24, 2.45) is 0 Å². The van der Waals surface area contributed by atoms with Gasteiger partial charge in [0.25, 0.3) is 5.91 Å². The molecule has 0 unspecified atom stereocenters. The van der Waals surface area contributed by atoms with E-state index >= 15 is 0 Å². The Bertz CT molecular complexity index is 884. The monoisotopic (exact) mass is 361 g/mol. The number of nitrogens with zero attached hydrogens (tertiary/aromatic N) is 2. The molecule has 5 nitrogen and oxygen atoms in total. The number of nitrogens with one attached hydrogen (secondary N) is 1. The number of aromatic nitrogens is 2. The molecule has 0 aliphatic carbocycles. The lowest BCUT2D eigenvalue weighted by molar-refractivity contribution is -0.122. The van der Waals surface area contributed by atoms with Crippen LogP contribution >= 0.6 is 11.3 Å². The second-order valence-electron chi connectivity index (χ2n) is 5.10. The smallest absolute Gasteiger partial charge is 0.266 e. The van der Waals surface area contributed by atoms with Gasteiger partial charge in [-0.2, -0.15) is 0 Å². The lowest BCUT2D eigenvalue weighted by atomic mass is 10.2. The zero-order valence-electron chi connectivity index (χ0n) is 13.1. The van der Waals surface area contributed by atoms with E-state index in [2.05, 4.69) is 15.5 Å². The quantitative estimate of drug-likeness (QED) is 0.749. The third-order valence-corrected chi connectivity index (χ3v) is 4.13. The molecule has 8 heteroatoms. The number of ether oxygens (including phenoxy) is 1. The van der Waals surface area contributed by atoms with Gasteiger partial charge in [0, 0.05) is 5.56 Å². The zero-order chi connectivity index (χ0) is 17.8. The summed E-state index contributed by atoms with van der Waals surface area (Å²) in [4.78, 5) is 12.2. The fraction of sp³-hybridized carbons (Fsp3) is 0.118. The van der Waals surface area contributed by atoms with Crippen LogP contribution < -0.4 is 10.1 Å². The van der Waals surface area contributed by atoms with Crippen LogP contribution in [0.5, 0.6) is 5.75 Å². The van der Waals surface area contributed by atoms with Crippen molar-refractivity contribution >= 4 is 22.4 Å². The maximum atomic E-state index is 13.8. The first kappa shape index (κ1) is 17.0. The summed E-state index contributed by atoms with van der Waals surface area (Å²) in [5, 5.41) is 10.9. The number of halogens is 2. The van der Waals surface area contributed by atoms with Gasteiger partial charge in [-0.15, -0.1) is 10.2 Å². The molecular weight excluding hydrogens is 348 g/mol. The van der Waals surface area contributed by atoms with Crippen LogP contribution in [0.2, 0.25) is 0 Å². The fourth-order valence-corrected chi connectivity index (χ4v) is 2.77. The first-order chi connectivity index (χ1) is 12.0. The summed E-state index contributed by atoms with van der Waals surface area (Å²) >= 11 is 1.05. The molecule has 1 N–H and O–H groups in total. The number of benzene rings is 2. The van der Waals surface area contributed by atoms with Gasteiger partial charge in [0.1, 0.15) is 17.4 Å². The minimum atomic E-state index is -0.828. The summed E-state index contributed by atoms with van der Waals surface area (Å²) < 4.78 is 32.0. The highest BCUT2D eigenvalue weighted by Crippen LogP contribution is 2.28. The molecule has 1 atom stereocenters. The summed E-state index contributed by atoms with van der Waals surface area (Å²) in [5.41, 5.74) is 0.316. The zero-order valence-corrected chi connectivity index (χ0v) is 13.9. The number of rotatable bonds is 5. The van der Waals surface area contributed by atoms with Crippen molar-refractivity contribution in [3.63, 3.8) is 0 Å². The SMILES string of the molecule is C[C@H](Oc1ccc(F)cc1)C(=O)Nc1nnc(-c2ccccc2F)s1. The van der Waals surface area contributed by atoms with Gasteiger partial charge in [0.05, 0.1) is 0 Å². The van der Waals surface area contributed by atoms with E-state index in [1.165, 1.54) is 30.3 Å². The number of hydrogen-bond donors (Lipinski definition) is 1. The fourth-order valence-electron chi connectivity index (χ4n) is 2.00. The van der Waals surface area contributed by atoms with Crippen molar-refractivity contribution < 1.29 is 18.3 Å². The minimum Gasteiger partial charge on any atom is -0.481 e. The molecule has 0 saturated heterocycles. The molecule has 1 amide bonds. The van der Waals surface area contributed by atoms with E-state index in [-0.39, 0.29) is 10.9 Å². The summed E-state index contributed by atoms with van der Waals surface area (Å²) in [5.74, 6) is -0.877. The summed E-state index contributed by atoms with van der Waals surface area (Å²) in [6.45, 7) is 1.55. The normalized spacial score (nSPS) is 11.8. The number of hydrogen-bond acceptors (Lipinski definition) is 5. The average Bonchev–Trinajstić information content (AvgIpc) is 3.05. The molecule has 128 valence electrons. The highest BCUT2D eigenvalue weighted by molar-refractivity contribution is 7.18.